The van der Waals surface area contributed by atoms with Crippen molar-refractivity contribution >= 4 is 17.7 Å². The molecule has 0 saturated heterocycles. The van der Waals surface area contributed by atoms with Gasteiger partial charge in [0, 0.05) is 6.54 Å². The first-order chi connectivity index (χ1) is 12.2. The summed E-state index contributed by atoms with van der Waals surface area (Å²) in [6.45, 7) is 0.582. The molecule has 9 nitrogen and oxygen atoms in total. The highest BCUT2D eigenvalue weighted by molar-refractivity contribution is 5.52. The van der Waals surface area contributed by atoms with Crippen molar-refractivity contribution in [3.05, 3.63) is 48.2 Å². The Kier molecular flexibility index (Phi) is 3.65. The third kappa shape index (κ3) is 3.07. The summed E-state index contributed by atoms with van der Waals surface area (Å²) >= 11 is 0. The summed E-state index contributed by atoms with van der Waals surface area (Å²) in [5.74, 6) is 2.04. The van der Waals surface area contributed by atoms with Crippen LogP contribution < -0.4 is 11.1 Å². The summed E-state index contributed by atoms with van der Waals surface area (Å²) in [7, 11) is 0. The topological polar surface area (TPSA) is 127 Å². The molecule has 0 radical (unpaired) electrons. The standard InChI is InChI=1S/C16H15N7O2/c17-14-20-15(18-7-6-10-3-1-4-11(24)9-10)21-16-19-13(22-23(14)16)12-5-2-8-25-12/h1-5,8-9,24H,6-7H2,(H3,17,18,19,20,21,22). The smallest absolute Gasteiger partial charge is 0.259 e. The Labute approximate surface area is 142 Å². The Bertz CT molecular complexity index is 1010. The van der Waals surface area contributed by atoms with E-state index in [1.54, 1.807) is 36.6 Å². The van der Waals surface area contributed by atoms with Crippen molar-refractivity contribution in [3.63, 3.8) is 0 Å². The number of nitrogens with one attached hydrogen (secondary N) is 1. The van der Waals surface area contributed by atoms with E-state index in [9.17, 15) is 5.11 Å². The van der Waals surface area contributed by atoms with Crippen molar-refractivity contribution in [2.24, 2.45) is 0 Å². The number of hydrogen-bond donors (Lipinski definition) is 3. The number of aromatic nitrogens is 5. The zero-order valence-electron chi connectivity index (χ0n) is 13.1. The third-order valence-corrected chi connectivity index (χ3v) is 3.58. The average Bonchev–Trinajstić information content (AvgIpc) is 3.24. The Hall–Kier alpha value is -3.62. The van der Waals surface area contributed by atoms with Crippen LogP contribution in [0.5, 0.6) is 5.75 Å². The van der Waals surface area contributed by atoms with Gasteiger partial charge in [-0.15, -0.1) is 5.10 Å². The molecule has 0 aliphatic carbocycles. The van der Waals surface area contributed by atoms with Crippen molar-refractivity contribution in [1.82, 2.24) is 24.6 Å². The molecular weight excluding hydrogens is 322 g/mol. The number of aromatic hydroxyl groups is 1. The number of anilines is 2. The van der Waals surface area contributed by atoms with E-state index >= 15 is 0 Å². The summed E-state index contributed by atoms with van der Waals surface area (Å²) < 4.78 is 6.64. The molecule has 1 aromatic carbocycles. The fraction of sp³-hybridized carbons (Fsp3) is 0.125. The minimum atomic E-state index is 0.176. The Morgan fingerprint density at radius 3 is 2.88 bits per heavy atom. The van der Waals surface area contributed by atoms with Crippen LogP contribution >= 0.6 is 0 Å². The summed E-state index contributed by atoms with van der Waals surface area (Å²) in [6, 6.07) is 10.6. The number of rotatable bonds is 5. The van der Waals surface area contributed by atoms with Crippen LogP contribution in [0.1, 0.15) is 5.56 Å². The van der Waals surface area contributed by atoms with Gasteiger partial charge < -0.3 is 20.6 Å². The van der Waals surface area contributed by atoms with E-state index < -0.39 is 0 Å². The second-order valence-corrected chi connectivity index (χ2v) is 5.38. The SMILES string of the molecule is Nc1nc(NCCc2cccc(O)c2)nc2nc(-c3ccco3)nn12. The van der Waals surface area contributed by atoms with E-state index in [4.69, 9.17) is 10.2 Å². The Morgan fingerprint density at radius 2 is 2.08 bits per heavy atom. The highest BCUT2D eigenvalue weighted by atomic mass is 16.3. The monoisotopic (exact) mass is 337 g/mol. The molecule has 0 amide bonds. The number of phenolic OH excluding ortho intramolecular Hbond substituents is 1. The van der Waals surface area contributed by atoms with Crippen molar-refractivity contribution in [1.29, 1.82) is 0 Å². The summed E-state index contributed by atoms with van der Waals surface area (Å²) in [6.07, 6.45) is 2.25. The number of nitrogen functional groups attached to an aromatic ring is 1. The van der Waals surface area contributed by atoms with Crippen LogP contribution in [0.15, 0.2) is 47.1 Å². The van der Waals surface area contributed by atoms with Gasteiger partial charge in [-0.2, -0.15) is 19.5 Å². The maximum absolute atomic E-state index is 9.48. The van der Waals surface area contributed by atoms with Crippen LogP contribution in [0.2, 0.25) is 0 Å². The highest BCUT2D eigenvalue weighted by Crippen LogP contribution is 2.17. The van der Waals surface area contributed by atoms with E-state index in [0.717, 1.165) is 5.56 Å². The van der Waals surface area contributed by atoms with Crippen molar-refractivity contribution in [2.45, 2.75) is 6.42 Å². The number of fused-ring (bicyclic) bond motifs is 1. The molecule has 9 heteroatoms. The van der Waals surface area contributed by atoms with Gasteiger partial charge in [0.15, 0.2) is 5.76 Å². The first-order valence-corrected chi connectivity index (χ1v) is 7.65. The van der Waals surface area contributed by atoms with Gasteiger partial charge in [0.05, 0.1) is 6.26 Å². The van der Waals surface area contributed by atoms with Gasteiger partial charge in [0.25, 0.3) is 5.78 Å². The highest BCUT2D eigenvalue weighted by Gasteiger charge is 2.13. The van der Waals surface area contributed by atoms with E-state index in [2.05, 4.69) is 25.4 Å². The largest absolute Gasteiger partial charge is 0.508 e. The lowest BCUT2D eigenvalue weighted by Crippen LogP contribution is -2.12. The molecule has 126 valence electrons. The molecule has 0 bridgehead atoms. The number of hydrogen-bond acceptors (Lipinski definition) is 8. The van der Waals surface area contributed by atoms with Crippen LogP contribution in [-0.4, -0.2) is 36.2 Å². The lowest BCUT2D eigenvalue weighted by Gasteiger charge is -2.06. The molecule has 4 rings (SSSR count). The van der Waals surface area contributed by atoms with Crippen LogP contribution in [0.3, 0.4) is 0 Å². The Balaban J connectivity index is 1.52. The van der Waals surface area contributed by atoms with Crippen molar-refractivity contribution < 1.29 is 9.52 Å². The normalized spacial score (nSPS) is 11.0. The predicted octanol–water partition coefficient (Wildman–Crippen LogP) is 1.72. The van der Waals surface area contributed by atoms with Gasteiger partial charge in [-0.25, -0.2) is 0 Å². The first-order valence-electron chi connectivity index (χ1n) is 7.65. The Morgan fingerprint density at radius 1 is 1.16 bits per heavy atom. The molecule has 0 aliphatic heterocycles. The third-order valence-electron chi connectivity index (χ3n) is 3.58. The summed E-state index contributed by atoms with van der Waals surface area (Å²) in [4.78, 5) is 12.8. The van der Waals surface area contributed by atoms with Crippen LogP contribution in [0, 0.1) is 0 Å². The molecule has 0 fully saturated rings. The molecule has 0 unspecified atom stereocenters. The molecular formula is C16H15N7O2. The lowest BCUT2D eigenvalue weighted by atomic mass is 10.1. The van der Waals surface area contributed by atoms with E-state index in [1.165, 1.54) is 4.52 Å². The van der Waals surface area contributed by atoms with Crippen molar-refractivity contribution in [2.75, 3.05) is 17.6 Å². The van der Waals surface area contributed by atoms with E-state index in [0.29, 0.717) is 36.3 Å². The molecule has 4 N–H and O–H groups in total. The molecule has 3 aromatic heterocycles. The zero-order chi connectivity index (χ0) is 17.2. The molecule has 0 aliphatic rings. The van der Waals surface area contributed by atoms with Gasteiger partial charge in [-0.1, -0.05) is 12.1 Å². The van der Waals surface area contributed by atoms with Gasteiger partial charge in [-0.3, -0.25) is 0 Å². The average molecular weight is 337 g/mol. The second-order valence-electron chi connectivity index (χ2n) is 5.38. The number of benzene rings is 1. The van der Waals surface area contributed by atoms with Crippen molar-refractivity contribution in [3.8, 4) is 17.3 Å². The second kappa shape index (κ2) is 6.11. The van der Waals surface area contributed by atoms with Crippen LogP contribution in [0.25, 0.3) is 17.4 Å². The fourth-order valence-electron chi connectivity index (χ4n) is 2.43. The summed E-state index contributed by atoms with van der Waals surface area (Å²) in [5, 5.41) is 16.8. The molecule has 0 saturated carbocycles. The maximum Gasteiger partial charge on any atom is 0.259 e. The maximum atomic E-state index is 9.48. The number of nitrogens with two attached hydrogens (primary N) is 1. The number of phenols is 1. The summed E-state index contributed by atoms with van der Waals surface area (Å²) in [5.41, 5.74) is 6.94. The minimum absolute atomic E-state index is 0.176. The molecule has 25 heavy (non-hydrogen) atoms. The van der Waals surface area contributed by atoms with Crippen LogP contribution in [0.4, 0.5) is 11.9 Å². The first kappa shape index (κ1) is 14.9. The van der Waals surface area contributed by atoms with E-state index in [1.807, 2.05) is 6.07 Å². The minimum Gasteiger partial charge on any atom is -0.508 e. The quantitative estimate of drug-likeness (QED) is 0.502. The van der Waals surface area contributed by atoms with Crippen LogP contribution in [-0.2, 0) is 6.42 Å². The lowest BCUT2D eigenvalue weighted by molar-refractivity contribution is 0.474. The molecule has 0 atom stereocenters. The number of furan rings is 1. The number of nitrogens with zero attached hydrogens (tertiary/aromatic N) is 5. The van der Waals surface area contributed by atoms with Gasteiger partial charge >= 0.3 is 0 Å². The molecule has 4 aromatic rings. The predicted molar refractivity (Wildman–Crippen MR) is 91.0 cm³/mol. The van der Waals surface area contributed by atoms with Gasteiger partial charge in [0.1, 0.15) is 5.75 Å². The molecule has 3 heterocycles. The zero-order valence-corrected chi connectivity index (χ0v) is 13.1. The van der Waals surface area contributed by atoms with E-state index in [-0.39, 0.29) is 11.7 Å². The molecule has 0 spiro atoms. The fourth-order valence-corrected chi connectivity index (χ4v) is 2.43. The van der Waals surface area contributed by atoms with Gasteiger partial charge in [-0.05, 0) is 36.2 Å². The van der Waals surface area contributed by atoms with Gasteiger partial charge in [0.2, 0.25) is 17.7 Å².